The zero-order valence-corrected chi connectivity index (χ0v) is 5.11. The number of rotatable bonds is 2. The third-order valence-electron chi connectivity index (χ3n) is 0.942. The van der Waals surface area contributed by atoms with Crippen molar-refractivity contribution in [3.8, 4) is 0 Å². The number of furan rings is 1. The Morgan fingerprint density at radius 1 is 1.80 bits per heavy atom. The van der Waals surface area contributed by atoms with Crippen molar-refractivity contribution >= 4 is 6.16 Å². The Morgan fingerprint density at radius 3 is 3.10 bits per heavy atom. The Bertz CT molecular complexity index is 202. The normalized spacial score (nSPS) is 9.20. The standard InChI is InChI=1S/C6H6O4/c7-6(8)10-4-5-1-2-9-3-5/h1-3H,4H2,(H,7,8). The van der Waals surface area contributed by atoms with Crippen LogP contribution in [0.5, 0.6) is 0 Å². The minimum atomic E-state index is -1.28. The van der Waals surface area contributed by atoms with Gasteiger partial charge in [0.2, 0.25) is 0 Å². The average molecular weight is 142 g/mol. The molecule has 10 heavy (non-hydrogen) atoms. The summed E-state index contributed by atoms with van der Waals surface area (Å²) >= 11 is 0. The molecular weight excluding hydrogens is 136 g/mol. The van der Waals surface area contributed by atoms with E-state index in [-0.39, 0.29) is 6.61 Å². The van der Waals surface area contributed by atoms with Gasteiger partial charge in [-0.25, -0.2) is 4.79 Å². The van der Waals surface area contributed by atoms with Crippen molar-refractivity contribution in [2.75, 3.05) is 0 Å². The highest BCUT2D eigenvalue weighted by atomic mass is 16.7. The predicted molar refractivity (Wildman–Crippen MR) is 31.5 cm³/mol. The zero-order valence-electron chi connectivity index (χ0n) is 5.11. The Kier molecular flexibility index (Phi) is 1.94. The summed E-state index contributed by atoms with van der Waals surface area (Å²) in [6.45, 7) is 0.0475. The van der Waals surface area contributed by atoms with E-state index in [1.165, 1.54) is 12.5 Å². The molecular formula is C6H6O4. The first-order chi connectivity index (χ1) is 4.79. The van der Waals surface area contributed by atoms with E-state index < -0.39 is 6.16 Å². The lowest BCUT2D eigenvalue weighted by Crippen LogP contribution is -1.98. The summed E-state index contributed by atoms with van der Waals surface area (Å²) in [4.78, 5) is 9.84. The SMILES string of the molecule is O=C(O)OCc1ccoc1. The fraction of sp³-hybridized carbons (Fsp3) is 0.167. The van der Waals surface area contributed by atoms with E-state index in [0.717, 1.165) is 0 Å². The third-order valence-corrected chi connectivity index (χ3v) is 0.942. The second-order valence-electron chi connectivity index (χ2n) is 1.69. The minimum absolute atomic E-state index is 0.0475. The van der Waals surface area contributed by atoms with E-state index in [9.17, 15) is 4.79 Å². The molecule has 0 atom stereocenters. The fourth-order valence-corrected chi connectivity index (χ4v) is 0.520. The van der Waals surface area contributed by atoms with E-state index >= 15 is 0 Å². The van der Waals surface area contributed by atoms with Gasteiger partial charge in [-0.05, 0) is 6.07 Å². The van der Waals surface area contributed by atoms with Gasteiger partial charge >= 0.3 is 6.16 Å². The summed E-state index contributed by atoms with van der Waals surface area (Å²) in [6.07, 6.45) is 1.62. The molecule has 0 bridgehead atoms. The lowest BCUT2D eigenvalue weighted by atomic mass is 10.4. The van der Waals surface area contributed by atoms with Crippen LogP contribution in [-0.2, 0) is 11.3 Å². The largest absolute Gasteiger partial charge is 0.506 e. The lowest BCUT2D eigenvalue weighted by molar-refractivity contribution is 0.0852. The number of ether oxygens (including phenoxy) is 1. The van der Waals surface area contributed by atoms with E-state index in [4.69, 9.17) is 5.11 Å². The quantitative estimate of drug-likeness (QED) is 0.635. The zero-order chi connectivity index (χ0) is 7.40. The predicted octanol–water partition coefficient (Wildman–Crippen LogP) is 1.47. The van der Waals surface area contributed by atoms with Crippen molar-refractivity contribution in [2.24, 2.45) is 0 Å². The van der Waals surface area contributed by atoms with E-state index in [1.54, 1.807) is 6.07 Å². The molecule has 0 aliphatic carbocycles. The van der Waals surface area contributed by atoms with E-state index in [1.807, 2.05) is 0 Å². The number of carboxylic acid groups (broad SMARTS) is 1. The summed E-state index contributed by atoms with van der Waals surface area (Å²) in [7, 11) is 0. The van der Waals surface area contributed by atoms with Crippen LogP contribution in [0.4, 0.5) is 4.79 Å². The van der Waals surface area contributed by atoms with Crippen LogP contribution in [0.1, 0.15) is 5.56 Å². The molecule has 1 rings (SSSR count). The van der Waals surface area contributed by atoms with Gasteiger partial charge in [0.05, 0.1) is 12.5 Å². The Balaban J connectivity index is 2.35. The minimum Gasteiger partial charge on any atom is -0.472 e. The summed E-state index contributed by atoms with van der Waals surface area (Å²) in [5, 5.41) is 8.06. The third kappa shape index (κ3) is 1.81. The number of carbonyl (C=O) groups is 1. The molecule has 1 heterocycles. The number of hydrogen-bond donors (Lipinski definition) is 1. The first kappa shape index (κ1) is 6.67. The van der Waals surface area contributed by atoms with Crippen LogP contribution in [0.15, 0.2) is 23.0 Å². The van der Waals surface area contributed by atoms with E-state index in [0.29, 0.717) is 5.56 Å². The monoisotopic (exact) mass is 142 g/mol. The highest BCUT2D eigenvalue weighted by molar-refractivity contribution is 5.56. The molecule has 0 spiro atoms. The Labute approximate surface area is 57.0 Å². The van der Waals surface area contributed by atoms with Crippen molar-refractivity contribution in [1.82, 2.24) is 0 Å². The van der Waals surface area contributed by atoms with Gasteiger partial charge in [0, 0.05) is 5.56 Å². The van der Waals surface area contributed by atoms with Gasteiger partial charge < -0.3 is 14.3 Å². The van der Waals surface area contributed by atoms with Gasteiger partial charge in [-0.3, -0.25) is 0 Å². The second kappa shape index (κ2) is 2.91. The molecule has 0 saturated heterocycles. The second-order valence-corrected chi connectivity index (χ2v) is 1.69. The molecule has 4 nitrogen and oxygen atoms in total. The molecule has 0 radical (unpaired) electrons. The highest BCUT2D eigenvalue weighted by Gasteiger charge is 1.97. The smallest absolute Gasteiger partial charge is 0.472 e. The van der Waals surface area contributed by atoms with Gasteiger partial charge in [-0.15, -0.1) is 0 Å². The van der Waals surface area contributed by atoms with Gasteiger partial charge in [0.1, 0.15) is 6.61 Å². The molecule has 0 aromatic carbocycles. The molecule has 0 saturated carbocycles. The first-order valence-electron chi connectivity index (χ1n) is 2.66. The molecule has 1 aromatic heterocycles. The molecule has 0 aliphatic heterocycles. The van der Waals surface area contributed by atoms with Crippen molar-refractivity contribution in [3.63, 3.8) is 0 Å². The maximum Gasteiger partial charge on any atom is 0.506 e. The van der Waals surface area contributed by atoms with Gasteiger partial charge in [-0.2, -0.15) is 0 Å². The van der Waals surface area contributed by atoms with E-state index in [2.05, 4.69) is 9.15 Å². The molecule has 54 valence electrons. The van der Waals surface area contributed by atoms with Crippen LogP contribution in [0.3, 0.4) is 0 Å². The molecule has 1 aromatic rings. The molecule has 1 N–H and O–H groups in total. The Morgan fingerprint density at radius 2 is 2.60 bits per heavy atom. The van der Waals surface area contributed by atoms with Crippen molar-refractivity contribution in [1.29, 1.82) is 0 Å². The highest BCUT2D eigenvalue weighted by Crippen LogP contribution is 2.01. The van der Waals surface area contributed by atoms with Crippen LogP contribution < -0.4 is 0 Å². The van der Waals surface area contributed by atoms with Crippen molar-refractivity contribution in [2.45, 2.75) is 6.61 Å². The lowest BCUT2D eigenvalue weighted by Gasteiger charge is -1.93. The molecule has 0 unspecified atom stereocenters. The molecule has 4 heteroatoms. The van der Waals surface area contributed by atoms with Gasteiger partial charge in [-0.1, -0.05) is 0 Å². The van der Waals surface area contributed by atoms with Crippen LogP contribution in [0.2, 0.25) is 0 Å². The van der Waals surface area contributed by atoms with Crippen LogP contribution in [-0.4, -0.2) is 11.3 Å². The molecule has 0 fully saturated rings. The molecule has 0 aliphatic rings. The summed E-state index contributed by atoms with van der Waals surface area (Å²) in [5.41, 5.74) is 0.711. The maximum absolute atomic E-state index is 9.84. The summed E-state index contributed by atoms with van der Waals surface area (Å²) in [5.74, 6) is 0. The molecule has 0 amide bonds. The van der Waals surface area contributed by atoms with Gasteiger partial charge in [0.15, 0.2) is 0 Å². The number of hydrogen-bond acceptors (Lipinski definition) is 3. The van der Waals surface area contributed by atoms with Crippen molar-refractivity contribution in [3.05, 3.63) is 24.2 Å². The average Bonchev–Trinajstić information content (AvgIpc) is 2.34. The Hall–Kier alpha value is -1.45. The maximum atomic E-state index is 9.84. The van der Waals surface area contributed by atoms with Crippen molar-refractivity contribution < 1.29 is 19.1 Å². The fourth-order valence-electron chi connectivity index (χ4n) is 0.520. The van der Waals surface area contributed by atoms with Crippen LogP contribution >= 0.6 is 0 Å². The topological polar surface area (TPSA) is 59.7 Å². The first-order valence-corrected chi connectivity index (χ1v) is 2.66. The van der Waals surface area contributed by atoms with Crippen LogP contribution in [0, 0.1) is 0 Å². The van der Waals surface area contributed by atoms with Crippen LogP contribution in [0.25, 0.3) is 0 Å². The van der Waals surface area contributed by atoms with Gasteiger partial charge in [0.25, 0.3) is 0 Å². The summed E-state index contributed by atoms with van der Waals surface area (Å²) in [6, 6.07) is 1.64. The summed E-state index contributed by atoms with van der Waals surface area (Å²) < 4.78 is 8.92.